The molecule has 1 atom stereocenters. The molecule has 1 aliphatic heterocycles. The lowest BCUT2D eigenvalue weighted by Gasteiger charge is -2.17. The molecule has 1 fully saturated rings. The van der Waals surface area contributed by atoms with Gasteiger partial charge in [0.2, 0.25) is 0 Å². The minimum absolute atomic E-state index is 0.132. The molecule has 2 rings (SSSR count). The molecule has 1 aromatic carbocycles. The molecule has 18 heavy (non-hydrogen) atoms. The van der Waals surface area contributed by atoms with Crippen LogP contribution in [0.5, 0.6) is 0 Å². The van der Waals surface area contributed by atoms with Crippen LogP contribution < -0.4 is 0 Å². The molecular weight excluding hydrogens is 240 g/mol. The van der Waals surface area contributed by atoms with Gasteiger partial charge < -0.3 is 10.0 Å². The fourth-order valence-corrected chi connectivity index (χ4v) is 2.09. The molecule has 1 heterocycles. The second kappa shape index (κ2) is 5.16. The van der Waals surface area contributed by atoms with Gasteiger partial charge in [0.15, 0.2) is 11.6 Å². The fourth-order valence-electron chi connectivity index (χ4n) is 2.09. The number of likely N-dealkylation sites (tertiary alicyclic amines) is 1. The quantitative estimate of drug-likeness (QED) is 0.879. The molecule has 1 unspecified atom stereocenters. The smallest absolute Gasteiger partial charge is 0.407 e. The highest BCUT2D eigenvalue weighted by Crippen LogP contribution is 2.20. The minimum atomic E-state index is -0.984. The SMILES string of the molecule is O=C(O)N1CCCC1C=Cc1cccc(F)c1F. The fraction of sp³-hybridized carbons (Fsp3) is 0.308. The predicted molar refractivity (Wildman–Crippen MR) is 63.1 cm³/mol. The summed E-state index contributed by atoms with van der Waals surface area (Å²) in [7, 11) is 0. The largest absolute Gasteiger partial charge is 0.465 e. The van der Waals surface area contributed by atoms with E-state index >= 15 is 0 Å². The Hall–Kier alpha value is -1.91. The molecule has 0 saturated carbocycles. The van der Waals surface area contributed by atoms with Crippen molar-refractivity contribution < 1.29 is 18.7 Å². The molecule has 1 aromatic rings. The average molecular weight is 253 g/mol. The van der Waals surface area contributed by atoms with Gasteiger partial charge in [-0.1, -0.05) is 24.3 Å². The second-order valence-corrected chi connectivity index (χ2v) is 4.19. The Balaban J connectivity index is 2.15. The van der Waals surface area contributed by atoms with E-state index in [9.17, 15) is 13.6 Å². The third kappa shape index (κ3) is 2.50. The van der Waals surface area contributed by atoms with Crippen molar-refractivity contribution in [2.45, 2.75) is 18.9 Å². The van der Waals surface area contributed by atoms with E-state index in [0.29, 0.717) is 13.0 Å². The highest BCUT2D eigenvalue weighted by Gasteiger charge is 2.26. The lowest BCUT2D eigenvalue weighted by molar-refractivity contribution is 0.147. The first-order valence-corrected chi connectivity index (χ1v) is 5.71. The summed E-state index contributed by atoms with van der Waals surface area (Å²) in [6.07, 6.45) is 3.55. The van der Waals surface area contributed by atoms with Crippen molar-refractivity contribution in [3.05, 3.63) is 41.5 Å². The lowest BCUT2D eigenvalue weighted by Crippen LogP contribution is -2.32. The summed E-state index contributed by atoms with van der Waals surface area (Å²) in [5, 5.41) is 8.94. The molecule has 1 N–H and O–H groups in total. The van der Waals surface area contributed by atoms with Crippen LogP contribution in [0.2, 0.25) is 0 Å². The summed E-state index contributed by atoms with van der Waals surface area (Å²) >= 11 is 0. The van der Waals surface area contributed by atoms with Crippen molar-refractivity contribution in [2.24, 2.45) is 0 Å². The predicted octanol–water partition coefficient (Wildman–Crippen LogP) is 3.12. The third-order valence-corrected chi connectivity index (χ3v) is 3.02. The Bertz CT molecular complexity index is 488. The van der Waals surface area contributed by atoms with Crippen LogP contribution >= 0.6 is 0 Å². The first-order valence-electron chi connectivity index (χ1n) is 5.71. The van der Waals surface area contributed by atoms with E-state index in [0.717, 1.165) is 12.5 Å². The van der Waals surface area contributed by atoms with Gasteiger partial charge in [-0.15, -0.1) is 0 Å². The van der Waals surface area contributed by atoms with Crippen LogP contribution in [-0.4, -0.2) is 28.7 Å². The van der Waals surface area contributed by atoms with Crippen LogP contribution in [-0.2, 0) is 0 Å². The molecule has 96 valence electrons. The van der Waals surface area contributed by atoms with Crippen molar-refractivity contribution in [3.63, 3.8) is 0 Å². The number of hydrogen-bond acceptors (Lipinski definition) is 1. The number of benzene rings is 1. The van der Waals surface area contributed by atoms with Crippen molar-refractivity contribution in [3.8, 4) is 0 Å². The molecule has 1 aliphatic rings. The number of amides is 1. The summed E-state index contributed by atoms with van der Waals surface area (Å²) in [6.45, 7) is 0.482. The molecular formula is C13H13F2NO2. The summed E-state index contributed by atoms with van der Waals surface area (Å²) < 4.78 is 26.3. The van der Waals surface area contributed by atoms with Gasteiger partial charge in [-0.2, -0.15) is 0 Å². The van der Waals surface area contributed by atoms with E-state index < -0.39 is 17.7 Å². The van der Waals surface area contributed by atoms with E-state index in [-0.39, 0.29) is 11.6 Å². The standard InChI is InChI=1S/C13H13F2NO2/c14-11-5-1-3-9(12(11)15)6-7-10-4-2-8-16(10)13(17)18/h1,3,5-7,10H,2,4,8H2,(H,17,18). The maximum absolute atomic E-state index is 13.4. The molecule has 5 heteroatoms. The zero-order chi connectivity index (χ0) is 13.1. The van der Waals surface area contributed by atoms with Gasteiger partial charge in [0.25, 0.3) is 0 Å². The lowest BCUT2D eigenvalue weighted by atomic mass is 10.1. The van der Waals surface area contributed by atoms with Gasteiger partial charge in [-0.3, -0.25) is 0 Å². The molecule has 1 amide bonds. The van der Waals surface area contributed by atoms with Crippen LogP contribution in [0.4, 0.5) is 13.6 Å². The van der Waals surface area contributed by atoms with E-state index in [1.807, 2.05) is 0 Å². The number of rotatable bonds is 2. The van der Waals surface area contributed by atoms with Crippen molar-refractivity contribution in [1.29, 1.82) is 0 Å². The van der Waals surface area contributed by atoms with Gasteiger partial charge in [0, 0.05) is 12.1 Å². The number of nitrogens with zero attached hydrogens (tertiary/aromatic N) is 1. The van der Waals surface area contributed by atoms with E-state index in [1.54, 1.807) is 6.08 Å². The topological polar surface area (TPSA) is 40.5 Å². The van der Waals surface area contributed by atoms with Gasteiger partial charge >= 0.3 is 6.09 Å². The normalized spacial score (nSPS) is 19.7. The summed E-state index contributed by atoms with van der Waals surface area (Å²) in [4.78, 5) is 12.2. The summed E-state index contributed by atoms with van der Waals surface area (Å²) in [5.74, 6) is -1.81. The Kier molecular flexibility index (Phi) is 3.60. The Morgan fingerprint density at radius 1 is 1.44 bits per heavy atom. The van der Waals surface area contributed by atoms with Gasteiger partial charge in [-0.05, 0) is 18.9 Å². The van der Waals surface area contributed by atoms with Crippen molar-refractivity contribution in [2.75, 3.05) is 6.54 Å². The van der Waals surface area contributed by atoms with Crippen LogP contribution in [0.3, 0.4) is 0 Å². The molecule has 1 saturated heterocycles. The average Bonchev–Trinajstić information content (AvgIpc) is 2.79. The Labute approximate surface area is 103 Å². The van der Waals surface area contributed by atoms with Crippen molar-refractivity contribution >= 4 is 12.2 Å². The summed E-state index contributed by atoms with van der Waals surface area (Å²) in [5.41, 5.74) is 0.132. The Morgan fingerprint density at radius 2 is 2.22 bits per heavy atom. The van der Waals surface area contributed by atoms with Crippen LogP contribution in [0.25, 0.3) is 6.08 Å². The highest BCUT2D eigenvalue weighted by molar-refractivity contribution is 5.66. The first kappa shape index (κ1) is 12.5. The number of carbonyl (C=O) groups is 1. The highest BCUT2D eigenvalue weighted by atomic mass is 19.2. The molecule has 0 aliphatic carbocycles. The maximum Gasteiger partial charge on any atom is 0.407 e. The molecule has 0 radical (unpaired) electrons. The first-order chi connectivity index (χ1) is 8.59. The van der Waals surface area contributed by atoms with Crippen LogP contribution in [0.15, 0.2) is 24.3 Å². The van der Waals surface area contributed by atoms with Crippen LogP contribution in [0, 0.1) is 11.6 Å². The second-order valence-electron chi connectivity index (χ2n) is 4.19. The zero-order valence-corrected chi connectivity index (χ0v) is 9.64. The third-order valence-electron chi connectivity index (χ3n) is 3.02. The van der Waals surface area contributed by atoms with E-state index in [1.165, 1.54) is 23.1 Å². The van der Waals surface area contributed by atoms with Gasteiger partial charge in [0.1, 0.15) is 0 Å². The Morgan fingerprint density at radius 3 is 2.94 bits per heavy atom. The number of halogens is 2. The van der Waals surface area contributed by atoms with Crippen LogP contribution in [0.1, 0.15) is 18.4 Å². The molecule has 0 spiro atoms. The molecule has 3 nitrogen and oxygen atoms in total. The maximum atomic E-state index is 13.4. The van der Waals surface area contributed by atoms with E-state index in [2.05, 4.69) is 0 Å². The minimum Gasteiger partial charge on any atom is -0.465 e. The number of carboxylic acid groups (broad SMARTS) is 1. The molecule has 0 bridgehead atoms. The van der Waals surface area contributed by atoms with Crippen molar-refractivity contribution in [1.82, 2.24) is 4.90 Å². The number of hydrogen-bond donors (Lipinski definition) is 1. The zero-order valence-electron chi connectivity index (χ0n) is 9.64. The molecule has 0 aromatic heterocycles. The van der Waals surface area contributed by atoms with Gasteiger partial charge in [0.05, 0.1) is 6.04 Å². The van der Waals surface area contributed by atoms with Gasteiger partial charge in [-0.25, -0.2) is 13.6 Å². The monoisotopic (exact) mass is 253 g/mol. The van der Waals surface area contributed by atoms with E-state index in [4.69, 9.17) is 5.11 Å². The summed E-state index contributed by atoms with van der Waals surface area (Å²) in [6, 6.07) is 3.66.